The Hall–Kier alpha value is -1.68. The first-order chi connectivity index (χ1) is 12.9. The number of rotatable bonds is 5. The lowest BCUT2D eigenvalue weighted by Crippen LogP contribution is -2.43. The molecule has 2 aromatic carbocycles. The van der Waals surface area contributed by atoms with Gasteiger partial charge in [0, 0.05) is 12.6 Å². The Kier molecular flexibility index (Phi) is 5.68. The van der Waals surface area contributed by atoms with E-state index in [0.29, 0.717) is 12.6 Å². The smallest absolute Gasteiger partial charge is 0.108 e. The van der Waals surface area contributed by atoms with Crippen molar-refractivity contribution in [3.05, 3.63) is 70.8 Å². The van der Waals surface area contributed by atoms with Crippen LogP contribution < -0.4 is 0 Å². The van der Waals surface area contributed by atoms with Gasteiger partial charge in [0.15, 0.2) is 0 Å². The van der Waals surface area contributed by atoms with Gasteiger partial charge in [0.1, 0.15) is 6.10 Å². The molecule has 0 radical (unpaired) electrons. The van der Waals surface area contributed by atoms with Crippen molar-refractivity contribution in [2.24, 2.45) is 0 Å². The van der Waals surface area contributed by atoms with E-state index in [2.05, 4.69) is 53.4 Å². The molecule has 0 bridgehead atoms. The van der Waals surface area contributed by atoms with Gasteiger partial charge in [0.05, 0.1) is 13.2 Å². The number of aliphatic hydroxyl groups excluding tert-OH is 1. The number of nitrogens with zero attached hydrogens (tertiary/aromatic N) is 1. The van der Waals surface area contributed by atoms with E-state index in [1.165, 1.54) is 35.1 Å². The van der Waals surface area contributed by atoms with Gasteiger partial charge in [-0.1, -0.05) is 55.0 Å². The Labute approximate surface area is 156 Å². The third-order valence-corrected chi connectivity index (χ3v) is 5.96. The Morgan fingerprint density at radius 2 is 1.58 bits per heavy atom. The van der Waals surface area contributed by atoms with Crippen molar-refractivity contribution in [3.8, 4) is 0 Å². The van der Waals surface area contributed by atoms with Crippen molar-refractivity contribution in [3.63, 3.8) is 0 Å². The second-order valence-electron chi connectivity index (χ2n) is 7.52. The number of ether oxygens (including phenoxy) is 1. The molecule has 1 heterocycles. The summed E-state index contributed by atoms with van der Waals surface area (Å²) in [5.41, 5.74) is 5.43. The predicted octanol–water partition coefficient (Wildman–Crippen LogP) is 3.74. The average Bonchev–Trinajstić information content (AvgIpc) is 2.86. The van der Waals surface area contributed by atoms with Gasteiger partial charge >= 0.3 is 0 Å². The quantitative estimate of drug-likeness (QED) is 0.891. The number of benzene rings is 2. The molecule has 1 aliphatic carbocycles. The minimum atomic E-state index is 0.0160. The first kappa shape index (κ1) is 17.7. The molecule has 1 unspecified atom stereocenters. The van der Waals surface area contributed by atoms with Crippen molar-refractivity contribution in [2.75, 3.05) is 26.3 Å². The van der Waals surface area contributed by atoms with E-state index in [0.717, 1.165) is 32.4 Å². The third-order valence-electron chi connectivity index (χ3n) is 5.96. The zero-order valence-corrected chi connectivity index (χ0v) is 15.4. The highest BCUT2D eigenvalue weighted by Gasteiger charge is 2.25. The van der Waals surface area contributed by atoms with Crippen LogP contribution in [0.2, 0.25) is 0 Å². The molecule has 0 saturated carbocycles. The molecule has 1 aliphatic heterocycles. The summed E-state index contributed by atoms with van der Waals surface area (Å²) in [6, 6.07) is 17.7. The van der Waals surface area contributed by atoms with Gasteiger partial charge in [-0.05, 0) is 54.5 Å². The maximum atomic E-state index is 9.62. The maximum absolute atomic E-state index is 9.62. The van der Waals surface area contributed by atoms with E-state index in [-0.39, 0.29) is 12.7 Å². The summed E-state index contributed by atoms with van der Waals surface area (Å²) in [4.78, 5) is 2.40. The standard InChI is InChI=1S/C23H29NO2/c25-17-20-9-5-6-14-24(20)15-16-26-23-21-10-3-1-7-18(21)12-13-19-8-2-4-11-22(19)23/h1-4,7-8,10-11,20,23,25H,5-6,9,12-17H2. The molecule has 1 atom stereocenters. The lowest BCUT2D eigenvalue weighted by atomic mass is 9.97. The zero-order chi connectivity index (χ0) is 17.8. The fraction of sp³-hybridized carbons (Fsp3) is 0.478. The van der Waals surface area contributed by atoms with E-state index in [4.69, 9.17) is 4.74 Å². The van der Waals surface area contributed by atoms with Crippen molar-refractivity contribution in [2.45, 2.75) is 44.2 Å². The molecule has 0 aromatic heterocycles. The van der Waals surface area contributed by atoms with Gasteiger partial charge in [0.25, 0.3) is 0 Å². The summed E-state index contributed by atoms with van der Waals surface area (Å²) in [6.45, 7) is 2.93. The summed E-state index contributed by atoms with van der Waals surface area (Å²) < 4.78 is 6.49. The van der Waals surface area contributed by atoms with Crippen LogP contribution in [0.5, 0.6) is 0 Å². The molecule has 2 aromatic rings. The maximum Gasteiger partial charge on any atom is 0.108 e. The molecule has 0 spiro atoms. The Morgan fingerprint density at radius 3 is 2.23 bits per heavy atom. The fourth-order valence-electron chi connectivity index (χ4n) is 4.50. The summed E-state index contributed by atoms with van der Waals surface area (Å²) >= 11 is 0. The first-order valence-corrected chi connectivity index (χ1v) is 9.99. The van der Waals surface area contributed by atoms with Crippen molar-refractivity contribution in [1.82, 2.24) is 4.90 Å². The topological polar surface area (TPSA) is 32.7 Å². The van der Waals surface area contributed by atoms with Crippen molar-refractivity contribution in [1.29, 1.82) is 0 Å². The predicted molar refractivity (Wildman–Crippen MR) is 104 cm³/mol. The van der Waals surface area contributed by atoms with Crippen LogP contribution >= 0.6 is 0 Å². The van der Waals surface area contributed by atoms with E-state index in [1.807, 2.05) is 0 Å². The largest absolute Gasteiger partial charge is 0.395 e. The fourth-order valence-corrected chi connectivity index (χ4v) is 4.50. The normalized spacial score (nSPS) is 21.0. The van der Waals surface area contributed by atoms with Gasteiger partial charge in [-0.3, -0.25) is 4.90 Å². The summed E-state index contributed by atoms with van der Waals surface area (Å²) in [7, 11) is 0. The van der Waals surface area contributed by atoms with Gasteiger partial charge in [0.2, 0.25) is 0 Å². The van der Waals surface area contributed by atoms with Gasteiger partial charge in [-0.25, -0.2) is 0 Å². The number of piperidine rings is 1. The average molecular weight is 351 g/mol. The molecular formula is C23H29NO2. The molecule has 2 aliphatic rings. The van der Waals surface area contributed by atoms with Crippen LogP contribution in [0.15, 0.2) is 48.5 Å². The molecule has 1 N–H and O–H groups in total. The van der Waals surface area contributed by atoms with Crippen LogP contribution in [-0.2, 0) is 17.6 Å². The molecule has 4 rings (SSSR count). The SMILES string of the molecule is OCC1CCCCN1CCOC1c2ccccc2CCc2ccccc21. The van der Waals surface area contributed by atoms with Gasteiger partial charge < -0.3 is 9.84 Å². The lowest BCUT2D eigenvalue weighted by Gasteiger charge is -2.34. The highest BCUT2D eigenvalue weighted by atomic mass is 16.5. The molecule has 3 nitrogen and oxygen atoms in total. The highest BCUT2D eigenvalue weighted by Crippen LogP contribution is 2.35. The van der Waals surface area contributed by atoms with Gasteiger partial charge in [-0.15, -0.1) is 0 Å². The molecular weight excluding hydrogens is 322 g/mol. The van der Waals surface area contributed by atoms with Crippen LogP contribution in [-0.4, -0.2) is 42.4 Å². The van der Waals surface area contributed by atoms with E-state index in [9.17, 15) is 5.11 Å². The van der Waals surface area contributed by atoms with Crippen molar-refractivity contribution >= 4 is 0 Å². The number of hydrogen-bond donors (Lipinski definition) is 1. The molecule has 3 heteroatoms. The molecule has 1 fully saturated rings. The van der Waals surface area contributed by atoms with Crippen LogP contribution in [0.3, 0.4) is 0 Å². The number of aliphatic hydroxyl groups is 1. The van der Waals surface area contributed by atoms with Crippen LogP contribution in [0.25, 0.3) is 0 Å². The Bertz CT molecular complexity index is 682. The van der Waals surface area contributed by atoms with Crippen molar-refractivity contribution < 1.29 is 9.84 Å². The monoisotopic (exact) mass is 351 g/mol. The number of fused-ring (bicyclic) bond motifs is 2. The second-order valence-corrected chi connectivity index (χ2v) is 7.52. The Morgan fingerprint density at radius 1 is 0.923 bits per heavy atom. The Balaban J connectivity index is 1.52. The number of likely N-dealkylation sites (tertiary alicyclic amines) is 1. The minimum Gasteiger partial charge on any atom is -0.395 e. The first-order valence-electron chi connectivity index (χ1n) is 9.99. The summed E-state index contributed by atoms with van der Waals surface area (Å²) in [5.74, 6) is 0. The van der Waals surface area contributed by atoms with E-state index in [1.54, 1.807) is 0 Å². The molecule has 1 saturated heterocycles. The third kappa shape index (κ3) is 3.71. The summed E-state index contributed by atoms with van der Waals surface area (Å²) in [5, 5.41) is 9.62. The lowest BCUT2D eigenvalue weighted by molar-refractivity contribution is 0.0272. The van der Waals surface area contributed by atoms with E-state index < -0.39 is 0 Å². The highest BCUT2D eigenvalue weighted by molar-refractivity contribution is 5.43. The number of hydrogen-bond acceptors (Lipinski definition) is 3. The molecule has 138 valence electrons. The summed E-state index contributed by atoms with van der Waals surface area (Å²) in [6.07, 6.45) is 5.72. The zero-order valence-electron chi connectivity index (χ0n) is 15.4. The van der Waals surface area contributed by atoms with E-state index >= 15 is 0 Å². The molecule has 26 heavy (non-hydrogen) atoms. The van der Waals surface area contributed by atoms with Gasteiger partial charge in [-0.2, -0.15) is 0 Å². The molecule has 0 amide bonds. The second kappa shape index (κ2) is 8.34. The minimum absolute atomic E-state index is 0.0160. The van der Waals surface area contributed by atoms with Crippen LogP contribution in [0, 0.1) is 0 Å². The number of aryl methyl sites for hydroxylation is 2. The van der Waals surface area contributed by atoms with Crippen LogP contribution in [0.4, 0.5) is 0 Å². The van der Waals surface area contributed by atoms with Crippen LogP contribution in [0.1, 0.15) is 47.6 Å².